The van der Waals surface area contributed by atoms with Crippen molar-refractivity contribution in [2.24, 2.45) is 0 Å². The molecule has 1 heterocycles. The lowest BCUT2D eigenvalue weighted by atomic mass is 10.3. The van der Waals surface area contributed by atoms with Crippen molar-refractivity contribution in [3.63, 3.8) is 0 Å². The van der Waals surface area contributed by atoms with Crippen LogP contribution in [0, 0.1) is 10.7 Å². The number of anilines is 1. The van der Waals surface area contributed by atoms with Gasteiger partial charge in [-0.1, -0.05) is 0 Å². The van der Waals surface area contributed by atoms with Gasteiger partial charge in [-0.05, 0) is 99.4 Å². The fourth-order valence-electron chi connectivity index (χ4n) is 2.10. The van der Waals surface area contributed by atoms with Crippen LogP contribution in [0.2, 0.25) is 0 Å². The number of amides is 1. The van der Waals surface area contributed by atoms with Crippen molar-refractivity contribution in [1.29, 1.82) is 0 Å². The molecule has 0 unspecified atom stereocenters. The van der Waals surface area contributed by atoms with Crippen LogP contribution in [0.5, 0.6) is 0 Å². The number of nitrogens with one attached hydrogen (secondary N) is 2. The quantitative estimate of drug-likeness (QED) is 0.518. The summed E-state index contributed by atoms with van der Waals surface area (Å²) in [5.74, 6) is 0.0731. The van der Waals surface area contributed by atoms with Crippen molar-refractivity contribution in [3.05, 3.63) is 22.8 Å². The van der Waals surface area contributed by atoms with Crippen LogP contribution >= 0.6 is 67.8 Å². The molecule has 1 aromatic carbocycles. The summed E-state index contributed by atoms with van der Waals surface area (Å²) >= 11 is 6.84. The van der Waals surface area contributed by atoms with Crippen molar-refractivity contribution >= 4 is 79.4 Å². The third-order valence-corrected chi connectivity index (χ3v) is 5.40. The molecule has 2 N–H and O–H groups in total. The highest BCUT2D eigenvalue weighted by molar-refractivity contribution is 14.1. The van der Waals surface area contributed by atoms with Gasteiger partial charge in [-0.25, -0.2) is 0 Å². The summed E-state index contributed by atoms with van der Waals surface area (Å²) in [6.45, 7) is 4.41. The summed E-state index contributed by atoms with van der Waals surface area (Å²) in [7, 11) is 0. The topological polar surface area (TPSA) is 44.4 Å². The highest BCUT2D eigenvalue weighted by Crippen LogP contribution is 2.27. The minimum absolute atomic E-state index is 0.0731. The van der Waals surface area contributed by atoms with Crippen LogP contribution in [0.15, 0.2) is 12.1 Å². The van der Waals surface area contributed by atoms with E-state index in [1.807, 2.05) is 0 Å². The van der Waals surface area contributed by atoms with Crippen molar-refractivity contribution in [2.45, 2.75) is 6.42 Å². The van der Waals surface area contributed by atoms with Gasteiger partial charge in [-0.15, -0.1) is 0 Å². The van der Waals surface area contributed by atoms with Crippen LogP contribution in [0.25, 0.3) is 0 Å². The molecule has 0 saturated carbocycles. The Hall–Kier alpha value is 0.800. The van der Waals surface area contributed by atoms with Crippen LogP contribution in [-0.4, -0.2) is 43.5 Å². The molecule has 1 saturated heterocycles. The maximum Gasteiger partial charge on any atom is 0.238 e. The van der Waals surface area contributed by atoms with E-state index in [0.29, 0.717) is 6.54 Å². The number of carbonyl (C=O) groups excluding carboxylic acids is 1. The summed E-state index contributed by atoms with van der Waals surface area (Å²) in [6, 6.07) is 4.16. The first-order valence-corrected chi connectivity index (χ1v) is 9.67. The van der Waals surface area contributed by atoms with Gasteiger partial charge in [0.1, 0.15) is 0 Å². The molecule has 1 aliphatic heterocycles. The minimum Gasteiger partial charge on any atom is -0.323 e. The first-order chi connectivity index (χ1) is 9.56. The number of rotatable bonds is 3. The van der Waals surface area contributed by atoms with Crippen LogP contribution in [0.1, 0.15) is 6.42 Å². The third-order valence-electron chi connectivity index (χ3n) is 3.07. The fourth-order valence-corrected chi connectivity index (χ4v) is 5.96. The van der Waals surface area contributed by atoms with E-state index in [4.69, 9.17) is 0 Å². The number of nitrogens with zero attached hydrogens (tertiary/aromatic N) is 1. The molecule has 2 rings (SSSR count). The van der Waals surface area contributed by atoms with Gasteiger partial charge < -0.3 is 10.6 Å². The zero-order chi connectivity index (χ0) is 14.5. The Bertz CT molecular complexity index is 465. The lowest BCUT2D eigenvalue weighted by Crippen LogP contribution is -2.35. The van der Waals surface area contributed by atoms with E-state index in [-0.39, 0.29) is 5.91 Å². The highest BCUT2D eigenvalue weighted by atomic mass is 127. The molecule has 1 aromatic rings. The number of hydrogen-bond donors (Lipinski definition) is 2. The van der Waals surface area contributed by atoms with E-state index in [9.17, 15) is 4.79 Å². The summed E-state index contributed by atoms with van der Waals surface area (Å²) in [6.07, 6.45) is 1.10. The molecule has 0 radical (unpaired) electrons. The zero-order valence-corrected chi connectivity index (χ0v) is 17.4. The second-order valence-electron chi connectivity index (χ2n) is 4.67. The highest BCUT2D eigenvalue weighted by Gasteiger charge is 2.15. The van der Waals surface area contributed by atoms with Gasteiger partial charge in [-0.2, -0.15) is 0 Å². The predicted octanol–water partition coefficient (Wildman–Crippen LogP) is 2.73. The average molecular weight is 611 g/mol. The molecule has 4 nitrogen and oxygen atoms in total. The fraction of sp³-hybridized carbons (Fsp3) is 0.462. The van der Waals surface area contributed by atoms with E-state index in [2.05, 4.69) is 95.4 Å². The summed E-state index contributed by atoms with van der Waals surface area (Å²) in [5, 5.41) is 6.40. The molecule has 0 aliphatic carbocycles. The predicted molar refractivity (Wildman–Crippen MR) is 107 cm³/mol. The second-order valence-corrected chi connectivity index (χ2v) is 8.24. The molecular weight excluding hydrogens is 595 g/mol. The first-order valence-electron chi connectivity index (χ1n) is 6.44. The van der Waals surface area contributed by atoms with Gasteiger partial charge in [0.05, 0.1) is 12.2 Å². The molecule has 0 atom stereocenters. The summed E-state index contributed by atoms with van der Waals surface area (Å²) in [4.78, 5) is 14.4. The van der Waals surface area contributed by atoms with Crippen LogP contribution in [0.4, 0.5) is 5.69 Å². The minimum atomic E-state index is 0.0731. The Labute approximate surface area is 160 Å². The molecule has 1 aliphatic rings. The number of carbonyl (C=O) groups is 1. The van der Waals surface area contributed by atoms with Crippen molar-refractivity contribution in [2.75, 3.05) is 38.0 Å². The molecule has 1 fully saturated rings. The summed E-state index contributed by atoms with van der Waals surface area (Å²) < 4.78 is 3.36. The van der Waals surface area contributed by atoms with E-state index in [0.717, 1.165) is 45.4 Å². The third kappa shape index (κ3) is 5.21. The SMILES string of the molecule is O=C(CN1CCCNCC1)Nc1c(I)cc(I)cc1I. The molecule has 110 valence electrons. The first kappa shape index (κ1) is 17.2. The Kier molecular flexibility index (Phi) is 7.24. The van der Waals surface area contributed by atoms with E-state index in [1.54, 1.807) is 0 Å². The number of hydrogen-bond acceptors (Lipinski definition) is 3. The average Bonchev–Trinajstić information content (AvgIpc) is 2.62. The maximum atomic E-state index is 12.2. The Balaban J connectivity index is 1.97. The van der Waals surface area contributed by atoms with Crippen LogP contribution in [-0.2, 0) is 4.79 Å². The number of benzene rings is 1. The second kappa shape index (κ2) is 8.44. The standard InChI is InChI=1S/C13H16I3N3O/c14-9-6-10(15)13(11(16)7-9)18-12(20)8-19-4-1-2-17-3-5-19/h6-7,17H,1-5,8H2,(H,18,20). The van der Waals surface area contributed by atoms with Gasteiger partial charge >= 0.3 is 0 Å². The summed E-state index contributed by atoms with van der Waals surface area (Å²) in [5.41, 5.74) is 0.935. The molecule has 0 bridgehead atoms. The Morgan fingerprint density at radius 1 is 1.20 bits per heavy atom. The van der Waals surface area contributed by atoms with Gasteiger partial charge in [0.15, 0.2) is 0 Å². The van der Waals surface area contributed by atoms with Gasteiger partial charge in [0, 0.05) is 23.8 Å². The van der Waals surface area contributed by atoms with E-state index < -0.39 is 0 Å². The lowest BCUT2D eigenvalue weighted by Gasteiger charge is -2.19. The Morgan fingerprint density at radius 2 is 1.90 bits per heavy atom. The van der Waals surface area contributed by atoms with Crippen molar-refractivity contribution in [3.8, 4) is 0 Å². The normalized spacial score (nSPS) is 16.8. The molecule has 1 amide bonds. The maximum absolute atomic E-state index is 12.2. The van der Waals surface area contributed by atoms with E-state index in [1.165, 1.54) is 3.57 Å². The van der Waals surface area contributed by atoms with Gasteiger partial charge in [-0.3, -0.25) is 9.69 Å². The van der Waals surface area contributed by atoms with Crippen LogP contribution < -0.4 is 10.6 Å². The molecule has 0 spiro atoms. The van der Waals surface area contributed by atoms with Crippen molar-refractivity contribution in [1.82, 2.24) is 10.2 Å². The van der Waals surface area contributed by atoms with Crippen molar-refractivity contribution < 1.29 is 4.79 Å². The largest absolute Gasteiger partial charge is 0.323 e. The van der Waals surface area contributed by atoms with E-state index >= 15 is 0 Å². The monoisotopic (exact) mass is 611 g/mol. The van der Waals surface area contributed by atoms with Gasteiger partial charge in [0.2, 0.25) is 5.91 Å². The Morgan fingerprint density at radius 3 is 2.60 bits per heavy atom. The molecule has 20 heavy (non-hydrogen) atoms. The molecule has 7 heteroatoms. The van der Waals surface area contributed by atoms with Crippen LogP contribution in [0.3, 0.4) is 0 Å². The zero-order valence-electron chi connectivity index (χ0n) is 10.9. The smallest absolute Gasteiger partial charge is 0.238 e. The van der Waals surface area contributed by atoms with Gasteiger partial charge in [0.25, 0.3) is 0 Å². The number of halogens is 3. The lowest BCUT2D eigenvalue weighted by molar-refractivity contribution is -0.117. The molecule has 0 aromatic heterocycles. The molecular formula is C13H16I3N3O.